The minimum absolute atomic E-state index is 0.00323. The van der Waals surface area contributed by atoms with Crippen molar-refractivity contribution >= 4 is 46.6 Å². The Kier molecular flexibility index (Phi) is 18.5. The van der Waals surface area contributed by atoms with E-state index in [1.807, 2.05) is 48.5 Å². The van der Waals surface area contributed by atoms with Gasteiger partial charge in [0.05, 0.1) is 37.7 Å². The number of alkyl carbamates (subject to hydrolysis) is 1. The van der Waals surface area contributed by atoms with Crippen LogP contribution < -0.4 is 31.8 Å². The third-order valence-electron chi connectivity index (χ3n) is 10.1. The summed E-state index contributed by atoms with van der Waals surface area (Å²) in [5.74, 6) is -3.54. The normalized spacial score (nSPS) is 12.9. The summed E-state index contributed by atoms with van der Waals surface area (Å²) >= 11 is 0. The van der Waals surface area contributed by atoms with E-state index in [2.05, 4.69) is 26.4 Å². The van der Waals surface area contributed by atoms with Gasteiger partial charge < -0.3 is 35.3 Å². The van der Waals surface area contributed by atoms with Gasteiger partial charge in [-0.1, -0.05) is 111 Å². The molecule has 342 valence electrons. The molecule has 17 heteroatoms. The lowest BCUT2D eigenvalue weighted by atomic mass is 9.99. The topological polar surface area (TPSA) is 230 Å². The van der Waals surface area contributed by atoms with Crippen LogP contribution in [0, 0.1) is 5.92 Å². The van der Waals surface area contributed by atoms with E-state index in [-0.39, 0.29) is 31.8 Å². The van der Waals surface area contributed by atoms with Crippen LogP contribution in [-0.2, 0) is 53.0 Å². The minimum atomic E-state index is -1.45. The Morgan fingerprint density at radius 3 is 2.06 bits per heavy atom. The number of imide groups is 1. The second-order valence-corrected chi connectivity index (χ2v) is 15.5. The molecule has 4 atom stereocenters. The van der Waals surface area contributed by atoms with E-state index in [9.17, 15) is 28.8 Å². The number of methoxy groups -OCH3 is 2. The van der Waals surface area contributed by atoms with Gasteiger partial charge in [0.25, 0.3) is 11.8 Å². The number of carbonyl (C=O) groups is 6. The monoisotopic (exact) mass is 889 g/mol. The van der Waals surface area contributed by atoms with Crippen LogP contribution in [0.4, 0.5) is 4.79 Å². The van der Waals surface area contributed by atoms with Crippen molar-refractivity contribution < 1.29 is 47.7 Å². The molecule has 0 bridgehead atoms. The number of carbonyl (C=O) groups excluding carboxylic acids is 6. The quantitative estimate of drug-likeness (QED) is 0.0490. The van der Waals surface area contributed by atoms with Crippen molar-refractivity contribution in [3.8, 4) is 5.75 Å². The zero-order valence-electron chi connectivity index (χ0n) is 36.7. The Morgan fingerprint density at radius 2 is 1.40 bits per heavy atom. The van der Waals surface area contributed by atoms with Crippen molar-refractivity contribution in [2.75, 3.05) is 27.4 Å². The van der Waals surface area contributed by atoms with Crippen molar-refractivity contribution in [2.24, 2.45) is 11.7 Å². The molecule has 4 unspecified atom stereocenters. The molecule has 0 aliphatic heterocycles. The zero-order valence-corrected chi connectivity index (χ0v) is 36.7. The molecule has 1 heterocycles. The van der Waals surface area contributed by atoms with Crippen LogP contribution in [0.3, 0.4) is 0 Å². The molecule has 0 saturated carbocycles. The summed E-state index contributed by atoms with van der Waals surface area (Å²) in [4.78, 5) is 84.6. The molecule has 0 saturated heterocycles. The number of pyridine rings is 1. The first-order valence-corrected chi connectivity index (χ1v) is 21.0. The van der Waals surface area contributed by atoms with Crippen LogP contribution in [0.25, 0.3) is 10.9 Å². The number of hydrogen-bond acceptors (Lipinski definition) is 13. The molecule has 0 spiro atoms. The van der Waals surface area contributed by atoms with Crippen molar-refractivity contribution in [2.45, 2.75) is 64.1 Å². The Morgan fingerprint density at radius 1 is 0.738 bits per heavy atom. The molecule has 0 aliphatic carbocycles. The molecule has 6 N–H and O–H groups in total. The van der Waals surface area contributed by atoms with Crippen LogP contribution in [0.5, 0.6) is 5.75 Å². The van der Waals surface area contributed by atoms with Crippen molar-refractivity contribution in [3.63, 3.8) is 0 Å². The number of nitrogens with zero attached hydrogens (tertiary/aromatic N) is 2. The van der Waals surface area contributed by atoms with E-state index in [0.717, 1.165) is 22.1 Å². The number of amides is 5. The number of ether oxygens (including phenoxy) is 4. The van der Waals surface area contributed by atoms with Crippen molar-refractivity contribution in [3.05, 3.63) is 144 Å². The summed E-state index contributed by atoms with van der Waals surface area (Å²) in [5.41, 5.74) is 12.0. The van der Waals surface area contributed by atoms with E-state index in [1.165, 1.54) is 25.3 Å². The number of nitrogens with one attached hydrogen (secondary N) is 4. The van der Waals surface area contributed by atoms with E-state index in [4.69, 9.17) is 24.7 Å². The van der Waals surface area contributed by atoms with Crippen molar-refractivity contribution in [1.82, 2.24) is 31.4 Å². The van der Waals surface area contributed by atoms with Gasteiger partial charge in [-0.15, -0.1) is 0 Å². The number of esters is 1. The number of para-hydroxylation sites is 1. The summed E-state index contributed by atoms with van der Waals surface area (Å²) in [6.45, 7) is 2.92. The summed E-state index contributed by atoms with van der Waals surface area (Å²) < 4.78 is 21.8. The first-order valence-electron chi connectivity index (χ1n) is 21.0. The van der Waals surface area contributed by atoms with Crippen LogP contribution in [0.1, 0.15) is 47.4 Å². The predicted molar refractivity (Wildman–Crippen MR) is 241 cm³/mol. The van der Waals surface area contributed by atoms with Gasteiger partial charge in [-0.05, 0) is 53.3 Å². The maximum Gasteiger partial charge on any atom is 0.408 e. The van der Waals surface area contributed by atoms with Crippen LogP contribution >= 0.6 is 0 Å². The predicted octanol–water partition coefficient (Wildman–Crippen LogP) is 3.99. The SMILES string of the molecule is COCC(=O)OC(CN(Cc1ccc(OC)cc1)NC(=O)C(NC(=O)OCc1ccccc1)C(C)C)C(Cc1ccccc1)NC(=O)C(N)CC(=O)NC(=O)c1ccc2ccccc2n1. The first kappa shape index (κ1) is 48.8. The van der Waals surface area contributed by atoms with E-state index < -0.39 is 78.9 Å². The average Bonchev–Trinajstić information content (AvgIpc) is 3.30. The fraction of sp³-hybridized carbons (Fsp3) is 0.312. The highest BCUT2D eigenvalue weighted by molar-refractivity contribution is 6.05. The third kappa shape index (κ3) is 15.5. The number of hydrazine groups is 1. The van der Waals surface area contributed by atoms with Gasteiger partial charge in [0.2, 0.25) is 11.8 Å². The number of nitrogens with two attached hydrogens (primary N) is 1. The molecule has 0 fully saturated rings. The second kappa shape index (κ2) is 24.6. The van der Waals surface area contributed by atoms with Crippen LogP contribution in [-0.4, -0.2) is 97.3 Å². The first-order chi connectivity index (χ1) is 31.3. The molecule has 17 nitrogen and oxygen atoms in total. The van der Waals surface area contributed by atoms with Crippen LogP contribution in [0.15, 0.2) is 121 Å². The average molecular weight is 890 g/mol. The van der Waals surface area contributed by atoms with E-state index >= 15 is 0 Å². The van der Waals surface area contributed by atoms with E-state index in [1.54, 1.807) is 80.6 Å². The number of hydrogen-bond donors (Lipinski definition) is 5. The molecule has 1 aromatic heterocycles. The number of rotatable bonds is 22. The highest BCUT2D eigenvalue weighted by Gasteiger charge is 2.34. The van der Waals surface area contributed by atoms with Gasteiger partial charge in [0.1, 0.15) is 36.8 Å². The van der Waals surface area contributed by atoms with Crippen molar-refractivity contribution in [1.29, 1.82) is 0 Å². The molecule has 0 radical (unpaired) electrons. The van der Waals surface area contributed by atoms with Gasteiger partial charge in [-0.25, -0.2) is 19.6 Å². The largest absolute Gasteiger partial charge is 0.497 e. The summed E-state index contributed by atoms with van der Waals surface area (Å²) in [6.07, 6.45) is -2.46. The Hall–Kier alpha value is -7.21. The van der Waals surface area contributed by atoms with E-state index in [0.29, 0.717) is 11.3 Å². The lowest BCUT2D eigenvalue weighted by Crippen LogP contribution is -2.59. The molecule has 65 heavy (non-hydrogen) atoms. The van der Waals surface area contributed by atoms with Gasteiger partial charge >= 0.3 is 12.1 Å². The highest BCUT2D eigenvalue weighted by Crippen LogP contribution is 2.17. The maximum atomic E-state index is 14.1. The number of benzene rings is 4. The fourth-order valence-corrected chi connectivity index (χ4v) is 6.70. The second-order valence-electron chi connectivity index (χ2n) is 15.5. The maximum absolute atomic E-state index is 14.1. The molecule has 4 aromatic carbocycles. The Labute approximate surface area is 377 Å². The molecule has 0 aliphatic rings. The number of fused-ring (bicyclic) bond motifs is 1. The van der Waals surface area contributed by atoms with Gasteiger partial charge in [-0.2, -0.15) is 0 Å². The van der Waals surface area contributed by atoms with Crippen LogP contribution in [0.2, 0.25) is 0 Å². The van der Waals surface area contributed by atoms with Gasteiger partial charge in [0, 0.05) is 19.0 Å². The zero-order chi connectivity index (χ0) is 46.7. The molecular weight excluding hydrogens is 835 g/mol. The summed E-state index contributed by atoms with van der Waals surface area (Å²) in [7, 11) is 2.86. The molecular formula is C48H55N7O10. The minimum Gasteiger partial charge on any atom is -0.497 e. The fourth-order valence-electron chi connectivity index (χ4n) is 6.70. The lowest BCUT2D eigenvalue weighted by molar-refractivity contribution is -0.157. The molecule has 5 rings (SSSR count). The third-order valence-corrected chi connectivity index (χ3v) is 10.1. The lowest BCUT2D eigenvalue weighted by Gasteiger charge is -2.34. The highest BCUT2D eigenvalue weighted by atomic mass is 16.6. The molecule has 5 amide bonds. The molecule has 5 aromatic rings. The van der Waals surface area contributed by atoms with Gasteiger partial charge in [0.15, 0.2) is 0 Å². The number of aromatic nitrogens is 1. The standard InChI is InChI=1S/C48H55N7O10/c1-31(2)44(53-48(61)64-29-34-15-9-6-10-16-34)47(60)54-55(27-33-19-22-36(63-4)23-20-33)28-41(65-43(57)30-62-3)40(25-32-13-7-5-8-14-32)51-45(58)37(49)26-42(56)52-46(59)39-24-21-35-17-11-12-18-38(35)50-39/h5-24,31,37,40-41,44H,25-30,49H2,1-4H3,(H,51,58)(H,53,61)(H,54,60)(H,52,56,59). The van der Waals surface area contributed by atoms with Gasteiger partial charge in [-0.3, -0.25) is 29.9 Å². The Bertz CT molecular complexity index is 2370. The summed E-state index contributed by atoms with van der Waals surface area (Å²) in [5, 5.41) is 10.1. The summed E-state index contributed by atoms with van der Waals surface area (Å²) in [6, 6.07) is 32.1. The smallest absolute Gasteiger partial charge is 0.408 e. The Balaban J connectivity index is 1.38.